The molecular formula is C22H33N3O3S. The number of carbonyl (C=O) groups excluding carboxylic acids is 1. The first kappa shape index (κ1) is 22.0. The minimum absolute atomic E-state index is 0.180. The number of amides is 1. The van der Waals surface area contributed by atoms with Crippen LogP contribution in [0.5, 0.6) is 0 Å². The molecule has 0 spiro atoms. The Bertz CT molecular complexity index is 781. The zero-order valence-corrected chi connectivity index (χ0v) is 18.2. The minimum atomic E-state index is -3.44. The summed E-state index contributed by atoms with van der Waals surface area (Å²) in [5.41, 5.74) is 0.864. The van der Waals surface area contributed by atoms with E-state index in [2.05, 4.69) is 11.8 Å². The van der Waals surface area contributed by atoms with E-state index in [-0.39, 0.29) is 5.91 Å². The highest BCUT2D eigenvalue weighted by atomic mass is 32.2. The molecule has 0 bridgehead atoms. The van der Waals surface area contributed by atoms with Crippen LogP contribution in [0.2, 0.25) is 0 Å². The van der Waals surface area contributed by atoms with Gasteiger partial charge in [0, 0.05) is 44.2 Å². The van der Waals surface area contributed by atoms with E-state index in [0.717, 1.165) is 24.9 Å². The maximum atomic E-state index is 12.8. The van der Waals surface area contributed by atoms with Crippen LogP contribution in [0.4, 0.5) is 0 Å². The third-order valence-corrected chi connectivity index (χ3v) is 7.52. The van der Waals surface area contributed by atoms with Gasteiger partial charge in [-0.2, -0.15) is 4.31 Å². The lowest BCUT2D eigenvalue weighted by Gasteiger charge is -2.37. The molecular weight excluding hydrogens is 386 g/mol. The van der Waals surface area contributed by atoms with Crippen LogP contribution in [-0.2, 0) is 14.8 Å². The Hall–Kier alpha value is -1.70. The number of carbonyl (C=O) groups is 1. The van der Waals surface area contributed by atoms with Crippen LogP contribution >= 0.6 is 0 Å². The molecule has 6 nitrogen and oxygen atoms in total. The first-order valence-corrected chi connectivity index (χ1v) is 12.2. The van der Waals surface area contributed by atoms with Crippen LogP contribution in [0.15, 0.2) is 35.7 Å². The average molecular weight is 420 g/mol. The fraction of sp³-hybridized carbons (Fsp3) is 0.591. The molecule has 1 heterocycles. The van der Waals surface area contributed by atoms with Gasteiger partial charge in [-0.3, -0.25) is 9.69 Å². The summed E-state index contributed by atoms with van der Waals surface area (Å²) in [7, 11) is -3.44. The Labute approximate surface area is 175 Å². The Morgan fingerprint density at radius 3 is 2.34 bits per heavy atom. The highest BCUT2D eigenvalue weighted by molar-refractivity contribution is 7.92. The molecule has 1 aromatic rings. The number of hydrogen-bond acceptors (Lipinski definition) is 4. The molecule has 0 N–H and O–H groups in total. The maximum Gasteiger partial charge on any atom is 0.236 e. The molecule has 1 aliphatic heterocycles. The zero-order chi connectivity index (χ0) is 20.7. The van der Waals surface area contributed by atoms with Crippen molar-refractivity contribution in [1.82, 2.24) is 14.1 Å². The van der Waals surface area contributed by atoms with Crippen LogP contribution in [0.3, 0.4) is 0 Å². The second-order valence-electron chi connectivity index (χ2n) is 7.91. The summed E-state index contributed by atoms with van der Waals surface area (Å²) in [4.78, 5) is 16.9. The van der Waals surface area contributed by atoms with Crippen LogP contribution in [0, 0.1) is 0 Å². The van der Waals surface area contributed by atoms with E-state index in [1.165, 1.54) is 29.0 Å². The largest absolute Gasteiger partial charge is 0.339 e. The second-order valence-corrected chi connectivity index (χ2v) is 9.72. The third kappa shape index (κ3) is 6.14. The van der Waals surface area contributed by atoms with E-state index in [4.69, 9.17) is 0 Å². The van der Waals surface area contributed by atoms with Crippen molar-refractivity contribution in [3.8, 4) is 0 Å². The first-order valence-electron chi connectivity index (χ1n) is 10.7. The molecule has 0 radical (unpaired) electrons. The van der Waals surface area contributed by atoms with Gasteiger partial charge in [0.2, 0.25) is 15.9 Å². The van der Waals surface area contributed by atoms with E-state index in [1.54, 1.807) is 6.08 Å². The Morgan fingerprint density at radius 2 is 1.72 bits per heavy atom. The predicted octanol–water partition coefficient (Wildman–Crippen LogP) is 2.79. The topological polar surface area (TPSA) is 60.9 Å². The number of benzene rings is 1. The van der Waals surface area contributed by atoms with Crippen LogP contribution in [-0.4, -0.2) is 73.7 Å². The first-order chi connectivity index (χ1) is 14.0. The summed E-state index contributed by atoms with van der Waals surface area (Å²) in [5, 5.41) is 1.28. The van der Waals surface area contributed by atoms with Gasteiger partial charge in [-0.25, -0.2) is 8.42 Å². The van der Waals surface area contributed by atoms with Crippen LogP contribution in [0.25, 0.3) is 6.08 Å². The van der Waals surface area contributed by atoms with Crippen molar-refractivity contribution in [3.05, 3.63) is 41.3 Å². The van der Waals surface area contributed by atoms with Gasteiger partial charge in [0.15, 0.2) is 0 Å². The lowest BCUT2D eigenvalue weighted by Crippen LogP contribution is -2.52. The van der Waals surface area contributed by atoms with Crippen molar-refractivity contribution in [1.29, 1.82) is 0 Å². The molecule has 1 aromatic carbocycles. The average Bonchev–Trinajstić information content (AvgIpc) is 2.75. The van der Waals surface area contributed by atoms with Gasteiger partial charge >= 0.3 is 0 Å². The predicted molar refractivity (Wildman–Crippen MR) is 117 cm³/mol. The molecule has 0 atom stereocenters. The molecule has 1 saturated heterocycles. The van der Waals surface area contributed by atoms with E-state index in [9.17, 15) is 13.2 Å². The molecule has 1 aliphatic carbocycles. The Balaban J connectivity index is 1.50. The van der Waals surface area contributed by atoms with E-state index >= 15 is 0 Å². The van der Waals surface area contributed by atoms with Gasteiger partial charge in [-0.1, -0.05) is 49.6 Å². The van der Waals surface area contributed by atoms with E-state index < -0.39 is 10.0 Å². The standard InChI is InChI=1S/C22H33N3O3S/c1-2-25(21-11-7-4-8-12-21)22(26)19-23-14-16-24(17-15-23)29(27,28)18-13-20-9-5-3-6-10-20/h3,5-6,9-10,13,18,21H,2,4,7-8,11-12,14-17,19H2,1H3. The molecule has 2 aliphatic rings. The van der Waals surface area contributed by atoms with Gasteiger partial charge in [-0.15, -0.1) is 0 Å². The second kappa shape index (κ2) is 10.4. The lowest BCUT2D eigenvalue weighted by atomic mass is 9.94. The number of sulfonamides is 1. The summed E-state index contributed by atoms with van der Waals surface area (Å²) in [5.74, 6) is 0.180. The molecule has 0 aromatic heterocycles. The molecule has 2 fully saturated rings. The molecule has 7 heteroatoms. The van der Waals surface area contributed by atoms with Crippen molar-refractivity contribution < 1.29 is 13.2 Å². The highest BCUT2D eigenvalue weighted by Gasteiger charge is 2.29. The Kier molecular flexibility index (Phi) is 7.86. The molecule has 0 unspecified atom stereocenters. The third-order valence-electron chi connectivity index (χ3n) is 5.96. The fourth-order valence-electron chi connectivity index (χ4n) is 4.27. The summed E-state index contributed by atoms with van der Waals surface area (Å²) < 4.78 is 26.7. The lowest BCUT2D eigenvalue weighted by molar-refractivity contribution is -0.135. The maximum absolute atomic E-state index is 12.8. The normalized spacial score (nSPS) is 20.2. The summed E-state index contributed by atoms with van der Waals surface area (Å²) >= 11 is 0. The summed E-state index contributed by atoms with van der Waals surface area (Å²) in [6.45, 7) is 5.21. The Morgan fingerprint density at radius 1 is 1.07 bits per heavy atom. The molecule has 29 heavy (non-hydrogen) atoms. The summed E-state index contributed by atoms with van der Waals surface area (Å²) in [6, 6.07) is 9.80. The van der Waals surface area contributed by atoms with Gasteiger partial charge in [-0.05, 0) is 31.4 Å². The minimum Gasteiger partial charge on any atom is -0.339 e. The fourth-order valence-corrected chi connectivity index (χ4v) is 5.44. The van der Waals surface area contributed by atoms with Gasteiger partial charge in [0.1, 0.15) is 0 Å². The SMILES string of the molecule is CCN(C(=O)CN1CCN(S(=O)(=O)C=Cc2ccccc2)CC1)C1CCCCC1. The van der Waals surface area contributed by atoms with Crippen molar-refractivity contribution >= 4 is 22.0 Å². The van der Waals surface area contributed by atoms with Crippen molar-refractivity contribution in [2.45, 2.75) is 45.1 Å². The smallest absolute Gasteiger partial charge is 0.236 e. The molecule has 3 rings (SSSR count). The van der Waals surface area contributed by atoms with Crippen molar-refractivity contribution in [2.75, 3.05) is 39.3 Å². The molecule has 160 valence electrons. The van der Waals surface area contributed by atoms with Crippen LogP contribution in [0.1, 0.15) is 44.6 Å². The zero-order valence-electron chi connectivity index (χ0n) is 17.4. The van der Waals surface area contributed by atoms with E-state index in [0.29, 0.717) is 38.8 Å². The molecule has 1 saturated carbocycles. The highest BCUT2D eigenvalue weighted by Crippen LogP contribution is 2.23. The number of nitrogens with zero attached hydrogens (tertiary/aromatic N) is 3. The monoisotopic (exact) mass is 419 g/mol. The number of hydrogen-bond donors (Lipinski definition) is 0. The summed E-state index contributed by atoms with van der Waals surface area (Å²) in [6.07, 6.45) is 7.55. The quantitative estimate of drug-likeness (QED) is 0.682. The van der Waals surface area contributed by atoms with E-state index in [1.807, 2.05) is 35.2 Å². The van der Waals surface area contributed by atoms with Gasteiger partial charge < -0.3 is 4.90 Å². The van der Waals surface area contributed by atoms with Gasteiger partial charge in [0.05, 0.1) is 6.54 Å². The van der Waals surface area contributed by atoms with Crippen molar-refractivity contribution in [2.24, 2.45) is 0 Å². The molecule has 1 amide bonds. The van der Waals surface area contributed by atoms with Gasteiger partial charge in [0.25, 0.3) is 0 Å². The number of piperazine rings is 1. The van der Waals surface area contributed by atoms with Crippen LogP contribution < -0.4 is 0 Å². The number of likely N-dealkylation sites (N-methyl/N-ethyl adjacent to an activating group) is 1. The van der Waals surface area contributed by atoms with Crippen molar-refractivity contribution in [3.63, 3.8) is 0 Å². The number of rotatable bonds is 7.